The average Bonchev–Trinajstić information content (AvgIpc) is 3.25. The molecular weight excluding hydrogens is 385 g/mol. The Morgan fingerprint density at radius 2 is 2.03 bits per heavy atom. The van der Waals surface area contributed by atoms with E-state index < -0.39 is 0 Å². The SMILES string of the molecule is Cc1ccc(-c2noc(CCCN3CCN(C(=O)c4cccnc4)CC3)n2)cc1F. The van der Waals surface area contributed by atoms with Gasteiger partial charge in [-0.3, -0.25) is 14.7 Å². The molecule has 1 aliphatic rings. The third-order valence-electron chi connectivity index (χ3n) is 5.33. The highest BCUT2D eigenvalue weighted by atomic mass is 19.1. The van der Waals surface area contributed by atoms with Crippen molar-refractivity contribution >= 4 is 5.91 Å². The van der Waals surface area contributed by atoms with Crippen molar-refractivity contribution in [1.82, 2.24) is 24.9 Å². The van der Waals surface area contributed by atoms with E-state index in [0.29, 0.717) is 47.9 Å². The zero-order chi connectivity index (χ0) is 20.9. The number of hydrogen-bond donors (Lipinski definition) is 0. The third kappa shape index (κ3) is 4.71. The van der Waals surface area contributed by atoms with Gasteiger partial charge < -0.3 is 9.42 Å². The molecule has 4 rings (SSSR count). The van der Waals surface area contributed by atoms with E-state index in [1.165, 1.54) is 6.07 Å². The maximum Gasteiger partial charge on any atom is 0.255 e. The molecule has 0 saturated carbocycles. The molecule has 0 atom stereocenters. The number of aromatic nitrogens is 3. The fourth-order valence-corrected chi connectivity index (χ4v) is 3.51. The second-order valence-electron chi connectivity index (χ2n) is 7.45. The molecule has 0 bridgehead atoms. The summed E-state index contributed by atoms with van der Waals surface area (Å²) in [7, 11) is 0. The predicted molar refractivity (Wildman–Crippen MR) is 109 cm³/mol. The van der Waals surface area contributed by atoms with Crippen LogP contribution in [0.1, 0.15) is 28.2 Å². The smallest absolute Gasteiger partial charge is 0.255 e. The van der Waals surface area contributed by atoms with E-state index in [1.807, 2.05) is 4.90 Å². The largest absolute Gasteiger partial charge is 0.339 e. The van der Waals surface area contributed by atoms with Crippen LogP contribution in [0.5, 0.6) is 0 Å². The van der Waals surface area contributed by atoms with Crippen molar-refractivity contribution in [1.29, 1.82) is 0 Å². The number of aryl methyl sites for hydroxylation is 2. The summed E-state index contributed by atoms with van der Waals surface area (Å²) in [6.07, 6.45) is 4.81. The third-order valence-corrected chi connectivity index (χ3v) is 5.33. The lowest BCUT2D eigenvalue weighted by atomic mass is 10.1. The lowest BCUT2D eigenvalue weighted by Gasteiger charge is -2.34. The van der Waals surface area contributed by atoms with E-state index in [-0.39, 0.29) is 11.7 Å². The molecule has 0 radical (unpaired) electrons. The van der Waals surface area contributed by atoms with Crippen LogP contribution in [-0.4, -0.2) is 63.6 Å². The molecule has 1 aromatic carbocycles. The maximum atomic E-state index is 13.7. The van der Waals surface area contributed by atoms with Gasteiger partial charge in [0.1, 0.15) is 5.82 Å². The van der Waals surface area contributed by atoms with Gasteiger partial charge in [0.25, 0.3) is 5.91 Å². The summed E-state index contributed by atoms with van der Waals surface area (Å²) in [6.45, 7) is 5.70. The summed E-state index contributed by atoms with van der Waals surface area (Å²) in [5.41, 5.74) is 1.83. The van der Waals surface area contributed by atoms with Gasteiger partial charge in [0, 0.05) is 50.6 Å². The average molecular weight is 409 g/mol. The van der Waals surface area contributed by atoms with E-state index in [2.05, 4.69) is 20.0 Å². The first-order chi connectivity index (χ1) is 14.6. The van der Waals surface area contributed by atoms with Crippen LogP contribution in [0, 0.1) is 12.7 Å². The Balaban J connectivity index is 1.23. The standard InChI is InChI=1S/C22H24FN5O2/c1-16-6-7-17(14-19(16)23)21-25-20(30-26-21)5-3-9-27-10-12-28(13-11-27)22(29)18-4-2-8-24-15-18/h2,4,6-8,14-15H,3,5,9-13H2,1H3. The number of pyridine rings is 1. The van der Waals surface area contributed by atoms with Crippen LogP contribution in [0.4, 0.5) is 4.39 Å². The summed E-state index contributed by atoms with van der Waals surface area (Å²) >= 11 is 0. The molecule has 0 spiro atoms. The van der Waals surface area contributed by atoms with E-state index in [9.17, 15) is 9.18 Å². The topological polar surface area (TPSA) is 75.4 Å². The number of hydrogen-bond acceptors (Lipinski definition) is 6. The number of amides is 1. The number of halogens is 1. The maximum absolute atomic E-state index is 13.7. The van der Waals surface area contributed by atoms with Gasteiger partial charge in [-0.15, -0.1) is 0 Å². The Morgan fingerprint density at radius 3 is 2.77 bits per heavy atom. The number of benzene rings is 1. The Labute approximate surface area is 174 Å². The zero-order valence-electron chi connectivity index (χ0n) is 16.9. The summed E-state index contributed by atoms with van der Waals surface area (Å²) in [5, 5.41) is 3.97. The first kappa shape index (κ1) is 20.2. The van der Waals surface area contributed by atoms with Crippen LogP contribution < -0.4 is 0 Å². The van der Waals surface area contributed by atoms with Gasteiger partial charge in [-0.2, -0.15) is 4.98 Å². The van der Waals surface area contributed by atoms with Crippen molar-refractivity contribution in [3.05, 3.63) is 65.6 Å². The predicted octanol–water partition coefficient (Wildman–Crippen LogP) is 2.97. The summed E-state index contributed by atoms with van der Waals surface area (Å²) < 4.78 is 19.1. The lowest BCUT2D eigenvalue weighted by molar-refractivity contribution is 0.0635. The molecule has 1 amide bonds. The molecule has 3 heterocycles. The molecule has 8 heteroatoms. The van der Waals surface area contributed by atoms with Gasteiger partial charge in [-0.05, 0) is 43.7 Å². The highest BCUT2D eigenvalue weighted by Gasteiger charge is 2.22. The molecule has 0 unspecified atom stereocenters. The first-order valence-corrected chi connectivity index (χ1v) is 10.1. The molecule has 30 heavy (non-hydrogen) atoms. The van der Waals surface area contributed by atoms with Crippen molar-refractivity contribution in [2.45, 2.75) is 19.8 Å². The highest BCUT2D eigenvalue weighted by Crippen LogP contribution is 2.19. The summed E-state index contributed by atoms with van der Waals surface area (Å²) in [6, 6.07) is 8.50. The van der Waals surface area contributed by atoms with Crippen LogP contribution in [0.3, 0.4) is 0 Å². The van der Waals surface area contributed by atoms with E-state index in [0.717, 1.165) is 26.1 Å². The van der Waals surface area contributed by atoms with Crippen LogP contribution in [0.15, 0.2) is 47.2 Å². The lowest BCUT2D eigenvalue weighted by Crippen LogP contribution is -2.48. The number of piperazine rings is 1. The molecule has 0 N–H and O–H groups in total. The Morgan fingerprint density at radius 1 is 1.20 bits per heavy atom. The normalized spacial score (nSPS) is 14.8. The number of carbonyl (C=O) groups is 1. The van der Waals surface area contributed by atoms with Gasteiger partial charge in [0.05, 0.1) is 5.56 Å². The Hall–Kier alpha value is -3.13. The number of carbonyl (C=O) groups excluding carboxylic acids is 1. The minimum Gasteiger partial charge on any atom is -0.339 e. The highest BCUT2D eigenvalue weighted by molar-refractivity contribution is 5.93. The zero-order valence-corrected chi connectivity index (χ0v) is 16.9. The molecule has 2 aromatic heterocycles. The Kier molecular flexibility index (Phi) is 6.13. The van der Waals surface area contributed by atoms with Gasteiger partial charge in [0.15, 0.2) is 0 Å². The molecular formula is C22H24FN5O2. The van der Waals surface area contributed by atoms with Crippen LogP contribution in [-0.2, 0) is 6.42 Å². The number of rotatable bonds is 6. The van der Waals surface area contributed by atoms with Crippen molar-refractivity contribution < 1.29 is 13.7 Å². The van der Waals surface area contributed by atoms with Gasteiger partial charge in [-0.25, -0.2) is 4.39 Å². The van der Waals surface area contributed by atoms with E-state index in [1.54, 1.807) is 43.6 Å². The first-order valence-electron chi connectivity index (χ1n) is 10.1. The van der Waals surface area contributed by atoms with Crippen molar-refractivity contribution in [2.24, 2.45) is 0 Å². The van der Waals surface area contributed by atoms with Crippen LogP contribution >= 0.6 is 0 Å². The van der Waals surface area contributed by atoms with Gasteiger partial charge in [0.2, 0.25) is 11.7 Å². The van der Waals surface area contributed by atoms with Crippen molar-refractivity contribution in [3.63, 3.8) is 0 Å². The van der Waals surface area contributed by atoms with Crippen LogP contribution in [0.2, 0.25) is 0 Å². The monoisotopic (exact) mass is 409 g/mol. The quantitative estimate of drug-likeness (QED) is 0.623. The van der Waals surface area contributed by atoms with Gasteiger partial charge in [-0.1, -0.05) is 17.3 Å². The van der Waals surface area contributed by atoms with E-state index >= 15 is 0 Å². The summed E-state index contributed by atoms with van der Waals surface area (Å²) in [4.78, 5) is 25.1. The minimum atomic E-state index is -0.278. The van der Waals surface area contributed by atoms with Crippen LogP contribution in [0.25, 0.3) is 11.4 Å². The van der Waals surface area contributed by atoms with Crippen molar-refractivity contribution in [3.8, 4) is 11.4 Å². The molecule has 156 valence electrons. The molecule has 3 aromatic rings. The number of nitrogens with zero attached hydrogens (tertiary/aromatic N) is 5. The second-order valence-corrected chi connectivity index (χ2v) is 7.45. The minimum absolute atomic E-state index is 0.0358. The molecule has 1 fully saturated rings. The fourth-order valence-electron chi connectivity index (χ4n) is 3.51. The van der Waals surface area contributed by atoms with Crippen molar-refractivity contribution in [2.75, 3.05) is 32.7 Å². The molecule has 1 saturated heterocycles. The molecule has 7 nitrogen and oxygen atoms in total. The van der Waals surface area contributed by atoms with Gasteiger partial charge >= 0.3 is 0 Å². The molecule has 0 aliphatic carbocycles. The fraction of sp³-hybridized carbons (Fsp3) is 0.364. The summed E-state index contributed by atoms with van der Waals surface area (Å²) in [5.74, 6) is 0.719. The van der Waals surface area contributed by atoms with E-state index in [4.69, 9.17) is 4.52 Å². The second kappa shape index (κ2) is 9.13. The molecule has 1 aliphatic heterocycles. The Bertz CT molecular complexity index is 1000.